The van der Waals surface area contributed by atoms with E-state index in [4.69, 9.17) is 27.9 Å². The van der Waals surface area contributed by atoms with E-state index in [-0.39, 0.29) is 17.2 Å². The van der Waals surface area contributed by atoms with Crippen LogP contribution in [0.2, 0.25) is 10.0 Å². The second-order valence-electron chi connectivity index (χ2n) is 3.48. The Kier molecular flexibility index (Phi) is 4.39. The summed E-state index contributed by atoms with van der Waals surface area (Å²) < 4.78 is 5.43. The zero-order valence-corrected chi connectivity index (χ0v) is 11.1. The van der Waals surface area contributed by atoms with Crippen molar-refractivity contribution in [3.8, 4) is 11.6 Å². The molecule has 2 rings (SSSR count). The summed E-state index contributed by atoms with van der Waals surface area (Å²) in [6, 6.07) is 5.98. The number of aromatic amines is 1. The molecule has 0 aliphatic carbocycles. The number of rotatable bonds is 4. The third-order valence-corrected chi connectivity index (χ3v) is 2.69. The topological polar surface area (TPSA) is 67.0 Å². The molecule has 0 amide bonds. The summed E-state index contributed by atoms with van der Waals surface area (Å²) in [5.41, 5.74) is 0.363. The molecule has 0 spiro atoms. The van der Waals surface area contributed by atoms with Crippen molar-refractivity contribution in [2.75, 3.05) is 5.23 Å². The van der Waals surface area contributed by atoms with Crippen molar-refractivity contribution in [1.29, 1.82) is 0 Å². The Morgan fingerprint density at radius 1 is 1.32 bits per heavy atom. The first-order valence-corrected chi connectivity index (χ1v) is 5.96. The van der Waals surface area contributed by atoms with Gasteiger partial charge in [-0.25, -0.2) is 0 Å². The number of hydrogen-bond donors (Lipinski definition) is 2. The van der Waals surface area contributed by atoms with Crippen LogP contribution < -0.4 is 15.5 Å². The van der Waals surface area contributed by atoms with E-state index in [1.807, 2.05) is 0 Å². The standard InChI is InChI=1S/C10H7B2Cl2N3O2/c11-12-15-5-3-6(13)10(7(14)4-5)19-9-2-1-8(18)16-17-9/h1-4,11,15H,(H,16,18). The van der Waals surface area contributed by atoms with E-state index in [1.54, 1.807) is 12.1 Å². The fourth-order valence-electron chi connectivity index (χ4n) is 1.35. The van der Waals surface area contributed by atoms with Crippen LogP contribution >= 0.6 is 23.2 Å². The Labute approximate surface area is 120 Å². The molecule has 9 heteroatoms. The molecule has 0 aliphatic rings. The van der Waals surface area contributed by atoms with Gasteiger partial charge in [-0.3, -0.25) is 0 Å². The fraction of sp³-hybridized carbons (Fsp3) is 0. The van der Waals surface area contributed by atoms with Crippen LogP contribution in [0.15, 0.2) is 29.1 Å². The maximum atomic E-state index is 10.9. The molecule has 19 heavy (non-hydrogen) atoms. The number of anilines is 1. The van der Waals surface area contributed by atoms with Gasteiger partial charge < -0.3 is 0 Å². The first-order valence-electron chi connectivity index (χ1n) is 5.20. The van der Waals surface area contributed by atoms with Crippen molar-refractivity contribution < 1.29 is 4.74 Å². The number of ether oxygens (including phenoxy) is 1. The van der Waals surface area contributed by atoms with Gasteiger partial charge in [-0.1, -0.05) is 0 Å². The van der Waals surface area contributed by atoms with Crippen LogP contribution in [0.5, 0.6) is 11.6 Å². The van der Waals surface area contributed by atoms with E-state index in [2.05, 4.69) is 22.8 Å². The third-order valence-electron chi connectivity index (χ3n) is 2.13. The van der Waals surface area contributed by atoms with Gasteiger partial charge in [0, 0.05) is 0 Å². The summed E-state index contributed by atoms with van der Waals surface area (Å²) in [5, 5.41) is 9.44. The molecule has 0 aliphatic heterocycles. The zero-order valence-electron chi connectivity index (χ0n) is 9.61. The zero-order chi connectivity index (χ0) is 13.8. The second-order valence-corrected chi connectivity index (χ2v) is 4.29. The average molecular weight is 294 g/mol. The monoisotopic (exact) mass is 293 g/mol. The molecule has 0 fully saturated rings. The van der Waals surface area contributed by atoms with Gasteiger partial charge in [0.05, 0.1) is 0 Å². The molecule has 0 saturated carbocycles. The van der Waals surface area contributed by atoms with Crippen molar-refractivity contribution in [3.05, 3.63) is 44.7 Å². The number of halogens is 2. The Morgan fingerprint density at radius 2 is 2.00 bits per heavy atom. The normalized spacial score (nSPS) is 9.74. The molecule has 2 N–H and O–H groups in total. The third kappa shape index (κ3) is 3.45. The van der Waals surface area contributed by atoms with Gasteiger partial charge in [0.15, 0.2) is 0 Å². The molecule has 0 bridgehead atoms. The van der Waals surface area contributed by atoms with E-state index in [0.717, 1.165) is 0 Å². The number of benzene rings is 1. The number of nitrogens with one attached hydrogen (secondary N) is 2. The number of aromatic nitrogens is 2. The Morgan fingerprint density at radius 3 is 2.53 bits per heavy atom. The molecular weight excluding hydrogens is 287 g/mol. The van der Waals surface area contributed by atoms with E-state index in [1.165, 1.54) is 19.1 Å². The molecule has 1 aromatic heterocycles. The van der Waals surface area contributed by atoms with Crippen LogP contribution in [0.1, 0.15) is 0 Å². The van der Waals surface area contributed by atoms with Gasteiger partial charge in [0.1, 0.15) is 0 Å². The van der Waals surface area contributed by atoms with E-state index in [0.29, 0.717) is 15.7 Å². The Hall–Kier alpha value is -1.59. The van der Waals surface area contributed by atoms with Crippen LogP contribution in [0.25, 0.3) is 0 Å². The van der Waals surface area contributed by atoms with E-state index in [9.17, 15) is 4.79 Å². The van der Waals surface area contributed by atoms with E-state index >= 15 is 0 Å². The first kappa shape index (κ1) is 13.8. The molecular formula is C10H7B2Cl2N3O2. The molecule has 0 atom stereocenters. The minimum atomic E-state index is -0.324. The van der Waals surface area contributed by atoms with Crippen LogP contribution in [0.4, 0.5) is 5.69 Å². The first-order chi connectivity index (χ1) is 9.10. The molecule has 94 valence electrons. The van der Waals surface area contributed by atoms with Gasteiger partial charge in [-0.2, -0.15) is 0 Å². The van der Waals surface area contributed by atoms with Crippen molar-refractivity contribution >= 4 is 43.2 Å². The summed E-state index contributed by atoms with van der Waals surface area (Å²) in [4.78, 5) is 10.9. The summed E-state index contributed by atoms with van der Waals surface area (Å²) in [6.07, 6.45) is 0. The molecule has 1 aromatic carbocycles. The molecule has 5 nitrogen and oxygen atoms in total. The average Bonchev–Trinajstić information content (AvgIpc) is 2.36. The van der Waals surface area contributed by atoms with Gasteiger partial charge in [0.25, 0.3) is 0 Å². The maximum absolute atomic E-state index is 10.9. The van der Waals surface area contributed by atoms with Crippen LogP contribution in [0, 0.1) is 0 Å². The summed E-state index contributed by atoms with van der Waals surface area (Å²) in [6.45, 7) is 1.51. The summed E-state index contributed by atoms with van der Waals surface area (Å²) >= 11 is 12.1. The second kappa shape index (κ2) is 6.04. The fourth-order valence-corrected chi connectivity index (χ4v) is 1.92. The quantitative estimate of drug-likeness (QED) is 0.842. The molecule has 1 heterocycles. The van der Waals surface area contributed by atoms with Gasteiger partial charge in [-0.15, -0.1) is 0 Å². The number of hydrogen-bond acceptors (Lipinski definition) is 4. The van der Waals surface area contributed by atoms with Crippen LogP contribution in [-0.4, -0.2) is 24.5 Å². The van der Waals surface area contributed by atoms with Crippen molar-refractivity contribution in [3.63, 3.8) is 0 Å². The molecule has 2 aromatic rings. The van der Waals surface area contributed by atoms with Crippen LogP contribution in [-0.2, 0) is 0 Å². The Bertz CT molecular complexity index is 635. The van der Waals surface area contributed by atoms with Gasteiger partial charge >= 0.3 is 120 Å². The Balaban J connectivity index is 2.32. The van der Waals surface area contributed by atoms with Gasteiger partial charge in [0.2, 0.25) is 0 Å². The number of nitrogens with zero attached hydrogens (tertiary/aromatic N) is 1. The predicted octanol–water partition coefficient (Wildman–Crippen LogP) is 1.72. The van der Waals surface area contributed by atoms with Crippen molar-refractivity contribution in [1.82, 2.24) is 10.2 Å². The SMILES string of the molecule is B=BNc1cc(Cl)c(Oc2ccc(=O)[nH]n2)c(Cl)c1. The molecule has 0 unspecified atom stereocenters. The molecule has 0 saturated heterocycles. The minimum absolute atomic E-state index is 0.188. The van der Waals surface area contributed by atoms with Crippen LogP contribution in [0.3, 0.4) is 0 Å². The van der Waals surface area contributed by atoms with Crippen molar-refractivity contribution in [2.45, 2.75) is 0 Å². The van der Waals surface area contributed by atoms with Crippen molar-refractivity contribution in [2.24, 2.45) is 0 Å². The predicted molar refractivity (Wildman–Crippen MR) is 77.9 cm³/mol. The van der Waals surface area contributed by atoms with Gasteiger partial charge in [-0.05, 0) is 0 Å². The summed E-state index contributed by atoms with van der Waals surface area (Å²) in [7, 11) is 3.54. The molecule has 0 radical (unpaired) electrons. The number of H-pyrrole nitrogens is 1. The van der Waals surface area contributed by atoms with E-state index < -0.39 is 0 Å². The summed E-state index contributed by atoms with van der Waals surface area (Å²) in [5.74, 6) is 0.449.